The van der Waals surface area contributed by atoms with Gasteiger partial charge in [0.15, 0.2) is 18.9 Å². The van der Waals surface area contributed by atoms with E-state index in [9.17, 15) is 66.1 Å². The highest BCUT2D eigenvalue weighted by atomic mass is 32.2. The van der Waals surface area contributed by atoms with E-state index in [-0.39, 0.29) is 96.7 Å². The van der Waals surface area contributed by atoms with Crippen LogP contribution in [-0.4, -0.2) is 292 Å². The molecule has 6 rings (SSSR count). The van der Waals surface area contributed by atoms with Gasteiger partial charge < -0.3 is 109 Å². The van der Waals surface area contributed by atoms with Crippen LogP contribution in [0.15, 0.2) is 18.6 Å². The van der Waals surface area contributed by atoms with Crippen molar-refractivity contribution in [2.75, 3.05) is 76.7 Å². The molecule has 3 saturated heterocycles. The van der Waals surface area contributed by atoms with Crippen LogP contribution in [0.4, 0.5) is 0 Å². The number of hydrogen-bond acceptors (Lipinski definition) is 30. The lowest BCUT2D eigenvalue weighted by Gasteiger charge is -2.39. The molecule has 3 aliphatic rings. The van der Waals surface area contributed by atoms with Crippen LogP contribution in [0.1, 0.15) is 56.6 Å². The summed E-state index contributed by atoms with van der Waals surface area (Å²) in [6, 6.07) is 0. The number of aromatic nitrogens is 9. The van der Waals surface area contributed by atoms with Gasteiger partial charge in [-0.25, -0.2) is 14.0 Å². The Morgan fingerprint density at radius 1 is 0.573 bits per heavy atom. The van der Waals surface area contributed by atoms with Gasteiger partial charge in [-0.3, -0.25) is 4.79 Å². The van der Waals surface area contributed by atoms with Crippen molar-refractivity contribution in [1.29, 1.82) is 0 Å². The van der Waals surface area contributed by atoms with Crippen molar-refractivity contribution in [2.45, 2.75) is 182 Å². The average Bonchev–Trinajstić information content (AvgIpc) is 4.40. The maximum atomic E-state index is 14.2. The average molecular weight is 1220 g/mol. The van der Waals surface area contributed by atoms with E-state index in [1.807, 2.05) is 23.5 Å². The van der Waals surface area contributed by atoms with E-state index in [0.29, 0.717) is 23.5 Å². The number of amides is 1. The maximum absolute atomic E-state index is 14.2. The predicted molar refractivity (Wildman–Crippen MR) is 282 cm³/mol. The highest BCUT2D eigenvalue weighted by Gasteiger charge is 2.46. The lowest BCUT2D eigenvalue weighted by Crippen LogP contribution is -2.59. The molecular formula is C48H82N10O22S2. The van der Waals surface area contributed by atoms with Crippen LogP contribution < -0.4 is 5.32 Å². The Bertz CT molecular complexity index is 2050. The van der Waals surface area contributed by atoms with Gasteiger partial charge in [0.1, 0.15) is 95.9 Å². The summed E-state index contributed by atoms with van der Waals surface area (Å²) >= 11 is 3.68. The first-order valence-corrected chi connectivity index (χ1v) is 29.4. The minimum atomic E-state index is -1.61. The van der Waals surface area contributed by atoms with Gasteiger partial charge in [0, 0.05) is 17.4 Å². The van der Waals surface area contributed by atoms with Crippen molar-refractivity contribution in [2.24, 2.45) is 0 Å². The van der Waals surface area contributed by atoms with Gasteiger partial charge in [0.25, 0.3) is 0 Å². The fraction of sp³-hybridized carbons (Fsp3) is 0.854. The number of carbonyl (C=O) groups is 1. The summed E-state index contributed by atoms with van der Waals surface area (Å²) in [6.07, 6.45) is -14.1. The number of aliphatic hydroxyl groups is 12. The zero-order chi connectivity index (χ0) is 59.2. The lowest BCUT2D eigenvalue weighted by atomic mass is 9.99. The standard InChI is InChI=1S/C48H82N10O22S2/c1-3-13-81-24-31(82-14-4-2)5-6-35(62)49-48(25-72-21-28-15-56(53-50-28)7-10-75-45-42(69)39(66)36(63)32(18-59)78-45,26-73-22-29-16-57(54-51-29)8-11-76-46-43(70)40(67)37(64)33(19-60)79-46)27-74-23-30-17-58(55-52-30)9-12-77-47-44(71)41(68)38(65)34(20-61)80-47/h15-17,31-34,36-47,59-61,63-71H,3-14,18-27H2,1-2H3,(H,49,62). The Labute approximate surface area is 481 Å². The molecule has 0 aromatic carbocycles. The van der Waals surface area contributed by atoms with Crippen molar-refractivity contribution in [3.63, 3.8) is 0 Å². The summed E-state index contributed by atoms with van der Waals surface area (Å²) in [5.74, 6) is 2.54. The molecule has 16 unspecified atom stereocenters. The molecule has 0 saturated carbocycles. The minimum absolute atomic E-state index is 0.0708. The number of thioether (sulfide) groups is 2. The normalized spacial score (nSPS) is 29.9. The molecule has 3 aliphatic heterocycles. The maximum Gasteiger partial charge on any atom is 0.220 e. The molecule has 3 aromatic heterocycles. The first-order valence-electron chi connectivity index (χ1n) is 27.2. The van der Waals surface area contributed by atoms with Gasteiger partial charge >= 0.3 is 0 Å². The SMILES string of the molecule is CCCSCC(CCC(=O)NC(COCc1cn(CCOC2OC(CO)C(O)C(O)C2O)nn1)(COCc1cn(CCOC2OC(CO)C(O)C(O)C2O)nn1)COCc1cn(CCOC2OC(CO)C(O)C(O)C2O)nn1)SCCC. The molecule has 13 N–H and O–H groups in total. The fourth-order valence-corrected chi connectivity index (χ4v) is 11.2. The number of nitrogens with one attached hydrogen (secondary N) is 1. The topological polar surface area (TPSA) is 447 Å². The molecule has 3 aromatic rings. The van der Waals surface area contributed by atoms with Crippen molar-refractivity contribution >= 4 is 29.4 Å². The zero-order valence-electron chi connectivity index (χ0n) is 45.8. The third kappa shape index (κ3) is 20.2. The molecule has 82 heavy (non-hydrogen) atoms. The highest BCUT2D eigenvalue weighted by molar-refractivity contribution is 8.03. The third-order valence-electron chi connectivity index (χ3n) is 13.3. The Morgan fingerprint density at radius 3 is 1.28 bits per heavy atom. The van der Waals surface area contributed by atoms with E-state index in [0.717, 1.165) is 30.1 Å². The molecular weight excluding hydrogens is 1130 g/mol. The van der Waals surface area contributed by atoms with Crippen LogP contribution in [0.5, 0.6) is 0 Å². The van der Waals surface area contributed by atoms with E-state index in [4.69, 9.17) is 42.6 Å². The van der Waals surface area contributed by atoms with Crippen LogP contribution in [-0.2, 0) is 86.9 Å². The van der Waals surface area contributed by atoms with Crippen molar-refractivity contribution in [1.82, 2.24) is 50.3 Å². The van der Waals surface area contributed by atoms with Gasteiger partial charge in [-0.2, -0.15) is 23.5 Å². The molecule has 16 atom stereocenters. The third-order valence-corrected chi connectivity index (χ3v) is 16.4. The second-order valence-electron chi connectivity index (χ2n) is 20.0. The molecule has 6 heterocycles. The summed E-state index contributed by atoms with van der Waals surface area (Å²) < 4.78 is 56.3. The summed E-state index contributed by atoms with van der Waals surface area (Å²) in [5.41, 5.74) is -0.224. The van der Waals surface area contributed by atoms with Gasteiger partial charge in [-0.05, 0) is 30.8 Å². The molecule has 0 spiro atoms. The molecule has 34 heteroatoms. The van der Waals surface area contributed by atoms with Crippen molar-refractivity contribution in [3.8, 4) is 0 Å². The van der Waals surface area contributed by atoms with Gasteiger partial charge in [-0.15, -0.1) is 15.3 Å². The van der Waals surface area contributed by atoms with Crippen molar-refractivity contribution in [3.05, 3.63) is 35.7 Å². The fourth-order valence-electron chi connectivity index (χ4n) is 8.74. The number of nitrogens with zero attached hydrogens (tertiary/aromatic N) is 9. The quantitative estimate of drug-likeness (QED) is 0.0238. The lowest BCUT2D eigenvalue weighted by molar-refractivity contribution is -0.301. The first-order chi connectivity index (χ1) is 39.5. The number of rotatable bonds is 38. The molecule has 1 amide bonds. The second kappa shape index (κ2) is 34.8. The molecule has 3 fully saturated rings. The van der Waals surface area contributed by atoms with Gasteiger partial charge in [-0.1, -0.05) is 29.5 Å². The Morgan fingerprint density at radius 2 is 0.939 bits per heavy atom. The summed E-state index contributed by atoms with van der Waals surface area (Å²) in [6.45, 7) is 1.67. The van der Waals surface area contributed by atoms with Gasteiger partial charge in [0.05, 0.1) is 118 Å². The smallest absolute Gasteiger partial charge is 0.220 e. The summed E-state index contributed by atoms with van der Waals surface area (Å²) in [4.78, 5) is 14.2. The number of ether oxygens (including phenoxy) is 9. The van der Waals surface area contributed by atoms with Crippen LogP contribution in [0, 0.1) is 0 Å². The zero-order valence-corrected chi connectivity index (χ0v) is 47.4. The predicted octanol–water partition coefficient (Wildman–Crippen LogP) is -5.85. The van der Waals surface area contributed by atoms with Gasteiger partial charge in [0.2, 0.25) is 5.91 Å². The van der Waals surface area contributed by atoms with Crippen molar-refractivity contribution < 1.29 is 109 Å². The Balaban J connectivity index is 1.13. The first kappa shape index (κ1) is 67.9. The monoisotopic (exact) mass is 1210 g/mol. The van der Waals surface area contributed by atoms with Crippen LogP contribution >= 0.6 is 23.5 Å². The van der Waals surface area contributed by atoms with Crippen LogP contribution in [0.25, 0.3) is 0 Å². The molecule has 0 aliphatic carbocycles. The van der Waals surface area contributed by atoms with Crippen LogP contribution in [0.2, 0.25) is 0 Å². The number of aliphatic hydroxyl groups excluding tert-OH is 12. The molecule has 0 radical (unpaired) electrons. The van der Waals surface area contributed by atoms with E-state index >= 15 is 0 Å². The van der Waals surface area contributed by atoms with Crippen LogP contribution in [0.3, 0.4) is 0 Å². The van der Waals surface area contributed by atoms with E-state index in [2.05, 4.69) is 50.1 Å². The van der Waals surface area contributed by atoms with E-state index in [1.165, 1.54) is 14.0 Å². The Kier molecular flexibility index (Phi) is 28.8. The van der Waals surface area contributed by atoms with E-state index in [1.54, 1.807) is 18.6 Å². The molecule has 468 valence electrons. The molecule has 32 nitrogen and oxygen atoms in total. The summed E-state index contributed by atoms with van der Waals surface area (Å²) in [5, 5.41) is 149. The Hall–Kier alpha value is -3.25. The number of carbonyl (C=O) groups excluding carboxylic acids is 1. The summed E-state index contributed by atoms with van der Waals surface area (Å²) in [7, 11) is 0. The minimum Gasteiger partial charge on any atom is -0.394 e. The second-order valence-corrected chi connectivity index (χ2v) is 22.6. The van der Waals surface area contributed by atoms with E-state index < -0.39 is 117 Å². The number of hydrogen-bond donors (Lipinski definition) is 13. The highest BCUT2D eigenvalue weighted by Crippen LogP contribution is 2.26. The molecule has 0 bridgehead atoms. The largest absolute Gasteiger partial charge is 0.394 e.